The topological polar surface area (TPSA) is 91.8 Å². The van der Waals surface area contributed by atoms with Crippen molar-refractivity contribution in [3.05, 3.63) is 23.4 Å². The van der Waals surface area contributed by atoms with E-state index in [4.69, 9.17) is 10.5 Å². The predicted molar refractivity (Wildman–Crippen MR) is 122 cm³/mol. The molecule has 2 N–H and O–H groups in total. The van der Waals surface area contributed by atoms with Gasteiger partial charge >= 0.3 is 0 Å². The summed E-state index contributed by atoms with van der Waals surface area (Å²) in [6.45, 7) is 7.25. The third-order valence-corrected chi connectivity index (χ3v) is 7.42. The maximum atomic E-state index is 13.7. The molecule has 0 radical (unpaired) electrons. The van der Waals surface area contributed by atoms with Gasteiger partial charge in [-0.25, -0.2) is 9.56 Å². The number of ether oxygens (including phenoxy) is 1. The van der Waals surface area contributed by atoms with Gasteiger partial charge in [-0.1, -0.05) is 12.8 Å². The number of carbonyl (C=O) groups is 2. The highest BCUT2D eigenvalue weighted by Crippen LogP contribution is 2.35. The van der Waals surface area contributed by atoms with Gasteiger partial charge in [0.05, 0.1) is 25.6 Å². The van der Waals surface area contributed by atoms with Crippen LogP contribution in [0, 0.1) is 6.92 Å². The van der Waals surface area contributed by atoms with E-state index < -0.39 is 12.1 Å². The highest BCUT2D eigenvalue weighted by molar-refractivity contribution is 5.91. The lowest BCUT2D eigenvalue weighted by molar-refractivity contribution is -0.528. The van der Waals surface area contributed by atoms with Crippen LogP contribution in [0.2, 0.25) is 0 Å². The van der Waals surface area contributed by atoms with Crippen LogP contribution in [0.1, 0.15) is 55.7 Å². The van der Waals surface area contributed by atoms with E-state index in [1.807, 2.05) is 34.4 Å². The molecule has 0 spiro atoms. The molecule has 1 aromatic heterocycles. The molecule has 5 atom stereocenters. The number of hydrogen-bond donors (Lipinski definition) is 1. The van der Waals surface area contributed by atoms with Crippen LogP contribution in [0.3, 0.4) is 0 Å². The average Bonchev–Trinajstić information content (AvgIpc) is 3.39. The maximum absolute atomic E-state index is 13.7. The monoisotopic (exact) mass is 442 g/mol. The summed E-state index contributed by atoms with van der Waals surface area (Å²) in [5, 5.41) is 0. The first kappa shape index (κ1) is 22.7. The lowest BCUT2D eigenvalue weighted by Gasteiger charge is -2.35. The van der Waals surface area contributed by atoms with Crippen LogP contribution in [-0.2, 0) is 9.59 Å². The van der Waals surface area contributed by atoms with Crippen molar-refractivity contribution in [3.8, 4) is 5.88 Å². The number of nitrogens with two attached hydrogens (primary N) is 1. The Morgan fingerprint density at radius 3 is 2.69 bits per heavy atom. The molecule has 4 rings (SSSR count). The van der Waals surface area contributed by atoms with Crippen molar-refractivity contribution in [3.63, 3.8) is 0 Å². The van der Waals surface area contributed by atoms with Gasteiger partial charge < -0.3 is 20.3 Å². The number of amides is 2. The van der Waals surface area contributed by atoms with E-state index in [0.29, 0.717) is 25.4 Å². The number of nitrogens with zero attached hydrogens (tertiary/aromatic N) is 4. The number of likely N-dealkylation sites (tertiary alicyclic amines) is 1. The molecular weight excluding hydrogens is 406 g/mol. The summed E-state index contributed by atoms with van der Waals surface area (Å²) in [5.74, 6) is 0.663. The molecule has 32 heavy (non-hydrogen) atoms. The number of pyridine rings is 1. The molecule has 3 aliphatic heterocycles. The molecule has 3 saturated heterocycles. The first-order valence-electron chi connectivity index (χ1n) is 11.7. The molecule has 2 amide bonds. The smallest absolute Gasteiger partial charge is 0.245 e. The Labute approximate surface area is 190 Å². The van der Waals surface area contributed by atoms with E-state index in [9.17, 15) is 9.59 Å². The van der Waals surface area contributed by atoms with Crippen LogP contribution >= 0.6 is 0 Å². The standard InChI is InChI=1S/C24H36N5O3/c1-15-11-16(12-22(26-15)32-4)18-13-28(14-21(18)27(2)3)24(31)20-10-9-17-7-5-6-8-19(25)23(30)29(17)20/h11-12,17-21H,2,5-10,13-14,25H2,1,3-4H3/q+1/t17-,18?,19-,20-,21+/m0/s1. The van der Waals surface area contributed by atoms with Crippen LogP contribution in [0.15, 0.2) is 12.1 Å². The van der Waals surface area contributed by atoms with Gasteiger partial charge in [0.15, 0.2) is 6.04 Å². The molecule has 8 heteroatoms. The molecule has 0 aliphatic carbocycles. The molecule has 1 aromatic rings. The van der Waals surface area contributed by atoms with Gasteiger partial charge in [0.2, 0.25) is 17.7 Å². The Morgan fingerprint density at radius 1 is 1.22 bits per heavy atom. The van der Waals surface area contributed by atoms with E-state index in [1.54, 1.807) is 7.11 Å². The summed E-state index contributed by atoms with van der Waals surface area (Å²) in [5.41, 5.74) is 8.15. The number of aryl methyl sites for hydroxylation is 1. The zero-order chi connectivity index (χ0) is 23.0. The summed E-state index contributed by atoms with van der Waals surface area (Å²) in [6.07, 6.45) is 5.31. The summed E-state index contributed by atoms with van der Waals surface area (Å²) < 4.78 is 7.31. The number of likely N-dealkylation sites (N-methyl/N-ethyl adjacent to an activating group) is 1. The third kappa shape index (κ3) is 4.25. The van der Waals surface area contributed by atoms with E-state index >= 15 is 0 Å². The molecule has 0 saturated carbocycles. The first-order chi connectivity index (χ1) is 15.3. The highest BCUT2D eigenvalue weighted by atomic mass is 16.5. The Kier molecular flexibility index (Phi) is 6.51. The van der Waals surface area contributed by atoms with Crippen LogP contribution < -0.4 is 10.5 Å². The molecule has 174 valence electrons. The number of fused-ring (bicyclic) bond motifs is 1. The fraction of sp³-hybridized carbons (Fsp3) is 0.667. The Bertz CT molecular complexity index is 904. The average molecular weight is 443 g/mol. The first-order valence-corrected chi connectivity index (χ1v) is 11.7. The zero-order valence-corrected chi connectivity index (χ0v) is 19.5. The molecule has 3 aliphatic rings. The minimum atomic E-state index is -0.497. The number of carbonyl (C=O) groups excluding carboxylic acids is 2. The number of methoxy groups -OCH3 is 1. The summed E-state index contributed by atoms with van der Waals surface area (Å²) in [7, 11) is 3.56. The van der Waals surface area contributed by atoms with Crippen molar-refractivity contribution < 1.29 is 18.9 Å². The van der Waals surface area contributed by atoms with Crippen molar-refractivity contribution >= 4 is 18.5 Å². The van der Waals surface area contributed by atoms with Crippen molar-refractivity contribution in [2.75, 3.05) is 27.2 Å². The zero-order valence-electron chi connectivity index (χ0n) is 19.5. The van der Waals surface area contributed by atoms with Gasteiger partial charge in [0, 0.05) is 24.3 Å². The maximum Gasteiger partial charge on any atom is 0.245 e. The minimum absolute atomic E-state index is 0.0423. The number of hydrogen-bond acceptors (Lipinski definition) is 5. The van der Waals surface area contributed by atoms with Gasteiger partial charge in [-0.05, 0) is 44.2 Å². The molecule has 3 fully saturated rings. The molecule has 8 nitrogen and oxygen atoms in total. The molecule has 0 bridgehead atoms. The normalized spacial score (nSPS) is 30.6. The fourth-order valence-corrected chi connectivity index (χ4v) is 5.74. The van der Waals surface area contributed by atoms with Gasteiger partial charge in [-0.2, -0.15) is 0 Å². The molecule has 1 unspecified atom stereocenters. The quantitative estimate of drug-likeness (QED) is 0.561. The van der Waals surface area contributed by atoms with Gasteiger partial charge in [0.1, 0.15) is 19.8 Å². The van der Waals surface area contributed by atoms with Crippen LogP contribution in [0.5, 0.6) is 5.88 Å². The SMILES string of the molecule is C=[N+](C)[C@@H]1CN(C(=O)[C@@H]2CC[C@@H]3CCCC[C@H](N)C(=O)N32)CC1c1cc(C)nc(OC)c1. The number of aromatic nitrogens is 1. The van der Waals surface area contributed by atoms with Crippen molar-refractivity contribution in [1.29, 1.82) is 0 Å². The van der Waals surface area contributed by atoms with Crippen molar-refractivity contribution in [2.24, 2.45) is 5.73 Å². The highest BCUT2D eigenvalue weighted by Gasteiger charge is 2.48. The fourth-order valence-electron chi connectivity index (χ4n) is 5.74. The van der Waals surface area contributed by atoms with Crippen LogP contribution in [0.25, 0.3) is 0 Å². The Balaban J connectivity index is 1.57. The molecule has 4 heterocycles. The molecule has 0 aromatic carbocycles. The second kappa shape index (κ2) is 9.17. The van der Waals surface area contributed by atoms with E-state index in [2.05, 4.69) is 17.8 Å². The van der Waals surface area contributed by atoms with Crippen LogP contribution in [0.4, 0.5) is 0 Å². The van der Waals surface area contributed by atoms with Gasteiger partial charge in [0.25, 0.3) is 0 Å². The summed E-state index contributed by atoms with van der Waals surface area (Å²) >= 11 is 0. The van der Waals surface area contributed by atoms with E-state index in [-0.39, 0.29) is 29.8 Å². The van der Waals surface area contributed by atoms with Crippen LogP contribution in [-0.4, -0.2) is 89.3 Å². The minimum Gasteiger partial charge on any atom is -0.481 e. The second-order valence-corrected chi connectivity index (χ2v) is 9.64. The van der Waals surface area contributed by atoms with Gasteiger partial charge in [-0.15, -0.1) is 0 Å². The largest absolute Gasteiger partial charge is 0.481 e. The third-order valence-electron chi connectivity index (χ3n) is 7.42. The lowest BCUT2D eigenvalue weighted by atomic mass is 9.94. The predicted octanol–water partition coefficient (Wildman–Crippen LogP) is 1.30. The van der Waals surface area contributed by atoms with E-state index in [1.165, 1.54) is 0 Å². The van der Waals surface area contributed by atoms with E-state index in [0.717, 1.165) is 43.4 Å². The second-order valence-electron chi connectivity index (χ2n) is 9.64. The lowest BCUT2D eigenvalue weighted by Crippen LogP contribution is -2.55. The van der Waals surface area contributed by atoms with Crippen molar-refractivity contribution in [1.82, 2.24) is 14.8 Å². The molecular formula is C24H36N5O3+. The van der Waals surface area contributed by atoms with Crippen molar-refractivity contribution in [2.45, 2.75) is 75.5 Å². The summed E-state index contributed by atoms with van der Waals surface area (Å²) in [4.78, 5) is 34.9. The van der Waals surface area contributed by atoms with Gasteiger partial charge in [-0.3, -0.25) is 9.59 Å². The Morgan fingerprint density at radius 2 is 1.97 bits per heavy atom. The summed E-state index contributed by atoms with van der Waals surface area (Å²) in [6, 6.07) is 3.33. The number of rotatable bonds is 4. The Hall–Kier alpha value is -2.48.